The topological polar surface area (TPSA) is 47.7 Å². The van der Waals surface area contributed by atoms with Gasteiger partial charge in [-0.1, -0.05) is 29.8 Å². The van der Waals surface area contributed by atoms with Gasteiger partial charge < -0.3 is 15.2 Å². The molecule has 0 aliphatic rings. The Kier molecular flexibility index (Phi) is 7.89. The van der Waals surface area contributed by atoms with Crippen LogP contribution in [0.25, 0.3) is 0 Å². The normalized spacial score (nSPS) is 16.0. The van der Waals surface area contributed by atoms with Gasteiger partial charge in [-0.3, -0.25) is 4.90 Å². The van der Waals surface area contributed by atoms with Gasteiger partial charge in [-0.25, -0.2) is 0 Å². The lowest BCUT2D eigenvalue weighted by Gasteiger charge is -2.37. The summed E-state index contributed by atoms with van der Waals surface area (Å²) in [5.41, 5.74) is 8.89. The zero-order valence-electron chi connectivity index (χ0n) is 14.0. The summed E-state index contributed by atoms with van der Waals surface area (Å²) < 4.78 is 10.5. The highest BCUT2D eigenvalue weighted by atomic mass is 16.5. The van der Waals surface area contributed by atoms with Gasteiger partial charge in [-0.05, 0) is 26.3 Å². The fourth-order valence-electron chi connectivity index (χ4n) is 2.63. The third-order valence-electron chi connectivity index (χ3n) is 4.03. The second-order valence-electron chi connectivity index (χ2n) is 5.71. The highest BCUT2D eigenvalue weighted by molar-refractivity contribution is 5.24. The van der Waals surface area contributed by atoms with Crippen LogP contribution in [0.15, 0.2) is 24.3 Å². The van der Waals surface area contributed by atoms with Crippen molar-refractivity contribution in [3.63, 3.8) is 0 Å². The van der Waals surface area contributed by atoms with Crippen molar-refractivity contribution in [1.29, 1.82) is 0 Å². The van der Waals surface area contributed by atoms with E-state index >= 15 is 0 Å². The average molecular weight is 294 g/mol. The van der Waals surface area contributed by atoms with Crippen molar-refractivity contribution in [3.05, 3.63) is 35.4 Å². The van der Waals surface area contributed by atoms with Gasteiger partial charge in [0.2, 0.25) is 0 Å². The second-order valence-corrected chi connectivity index (χ2v) is 5.71. The maximum absolute atomic E-state index is 6.47. The van der Waals surface area contributed by atoms with Crippen molar-refractivity contribution in [2.75, 3.05) is 34.0 Å². The minimum atomic E-state index is -0.0261. The highest BCUT2D eigenvalue weighted by Crippen LogP contribution is 2.21. The van der Waals surface area contributed by atoms with E-state index in [4.69, 9.17) is 15.2 Å². The van der Waals surface area contributed by atoms with Crippen LogP contribution in [-0.2, 0) is 9.47 Å². The number of ether oxygens (including phenoxy) is 2. The van der Waals surface area contributed by atoms with Gasteiger partial charge in [-0.2, -0.15) is 0 Å². The van der Waals surface area contributed by atoms with E-state index in [9.17, 15) is 0 Å². The smallest absolute Gasteiger partial charge is 0.0615 e. The molecular formula is C17H30N2O2. The number of hydrogen-bond donors (Lipinski definition) is 1. The number of benzene rings is 1. The third-order valence-corrected chi connectivity index (χ3v) is 4.03. The molecule has 0 saturated heterocycles. The Balaban J connectivity index is 2.81. The predicted molar refractivity (Wildman–Crippen MR) is 87.5 cm³/mol. The summed E-state index contributed by atoms with van der Waals surface area (Å²) in [6.07, 6.45) is 0. The van der Waals surface area contributed by atoms with Crippen LogP contribution in [0.3, 0.4) is 0 Å². The monoisotopic (exact) mass is 294 g/mol. The summed E-state index contributed by atoms with van der Waals surface area (Å²) in [6, 6.07) is 8.95. The Labute approximate surface area is 129 Å². The molecular weight excluding hydrogens is 264 g/mol. The van der Waals surface area contributed by atoms with Crippen molar-refractivity contribution in [2.45, 2.75) is 38.9 Å². The van der Waals surface area contributed by atoms with Gasteiger partial charge in [0.25, 0.3) is 0 Å². The Morgan fingerprint density at radius 3 is 2.24 bits per heavy atom. The molecule has 1 aromatic rings. The van der Waals surface area contributed by atoms with E-state index in [0.29, 0.717) is 19.3 Å². The first-order valence-electron chi connectivity index (χ1n) is 7.57. The van der Waals surface area contributed by atoms with Gasteiger partial charge in [-0.15, -0.1) is 0 Å². The first-order valence-corrected chi connectivity index (χ1v) is 7.57. The SMILES string of the molecule is COCCN(C(C)COC)C(C)C(N)c1ccc(C)cc1. The first kappa shape index (κ1) is 18.1. The van der Waals surface area contributed by atoms with Crippen molar-refractivity contribution in [1.82, 2.24) is 4.90 Å². The van der Waals surface area contributed by atoms with Crippen LogP contribution >= 0.6 is 0 Å². The fraction of sp³-hybridized carbons (Fsp3) is 0.647. The average Bonchev–Trinajstić information content (AvgIpc) is 2.47. The number of aryl methyl sites for hydroxylation is 1. The molecule has 4 heteroatoms. The molecule has 0 amide bonds. The number of nitrogens with two attached hydrogens (primary N) is 1. The lowest BCUT2D eigenvalue weighted by molar-refractivity contribution is 0.0443. The van der Waals surface area contributed by atoms with E-state index in [1.165, 1.54) is 11.1 Å². The maximum atomic E-state index is 6.47. The lowest BCUT2D eigenvalue weighted by atomic mass is 9.98. The van der Waals surface area contributed by atoms with Gasteiger partial charge in [0, 0.05) is 38.9 Å². The van der Waals surface area contributed by atoms with Crippen molar-refractivity contribution >= 4 is 0 Å². The highest BCUT2D eigenvalue weighted by Gasteiger charge is 2.25. The van der Waals surface area contributed by atoms with E-state index in [0.717, 1.165) is 6.54 Å². The van der Waals surface area contributed by atoms with Crippen LogP contribution in [0.1, 0.15) is 31.0 Å². The van der Waals surface area contributed by atoms with Gasteiger partial charge >= 0.3 is 0 Å². The molecule has 3 atom stereocenters. The summed E-state index contributed by atoms with van der Waals surface area (Å²) in [7, 11) is 3.46. The van der Waals surface area contributed by atoms with Gasteiger partial charge in [0.1, 0.15) is 0 Å². The summed E-state index contributed by atoms with van der Waals surface area (Å²) in [5.74, 6) is 0. The van der Waals surface area contributed by atoms with E-state index in [2.05, 4.69) is 49.9 Å². The van der Waals surface area contributed by atoms with Gasteiger partial charge in [0.15, 0.2) is 0 Å². The first-order chi connectivity index (χ1) is 10.0. The second kappa shape index (κ2) is 9.15. The summed E-state index contributed by atoms with van der Waals surface area (Å²) in [6.45, 7) is 8.66. The molecule has 0 saturated carbocycles. The summed E-state index contributed by atoms with van der Waals surface area (Å²) in [4.78, 5) is 2.36. The Morgan fingerprint density at radius 2 is 1.71 bits per heavy atom. The minimum Gasteiger partial charge on any atom is -0.383 e. The fourth-order valence-corrected chi connectivity index (χ4v) is 2.63. The molecule has 1 rings (SSSR count). The number of hydrogen-bond acceptors (Lipinski definition) is 4. The number of nitrogens with zero attached hydrogens (tertiary/aromatic N) is 1. The molecule has 21 heavy (non-hydrogen) atoms. The molecule has 4 nitrogen and oxygen atoms in total. The third kappa shape index (κ3) is 5.40. The van der Waals surface area contributed by atoms with E-state index in [-0.39, 0.29) is 12.1 Å². The minimum absolute atomic E-state index is 0.0261. The Bertz CT molecular complexity index is 394. The van der Waals surface area contributed by atoms with Crippen LogP contribution in [0, 0.1) is 6.92 Å². The van der Waals surface area contributed by atoms with Crippen molar-refractivity contribution in [2.24, 2.45) is 5.73 Å². The van der Waals surface area contributed by atoms with E-state index in [1.807, 2.05) is 0 Å². The Morgan fingerprint density at radius 1 is 1.10 bits per heavy atom. The number of rotatable bonds is 9. The van der Waals surface area contributed by atoms with Crippen LogP contribution < -0.4 is 5.73 Å². The molecule has 3 unspecified atom stereocenters. The van der Waals surface area contributed by atoms with Crippen molar-refractivity contribution < 1.29 is 9.47 Å². The van der Waals surface area contributed by atoms with Gasteiger partial charge in [0.05, 0.1) is 13.2 Å². The molecule has 0 aliphatic heterocycles. The molecule has 0 fully saturated rings. The largest absolute Gasteiger partial charge is 0.383 e. The van der Waals surface area contributed by atoms with Crippen LogP contribution in [-0.4, -0.2) is 51.0 Å². The molecule has 0 spiro atoms. The standard InChI is InChI=1S/C17H30N2O2/c1-13-6-8-16(9-7-13)17(18)15(3)19(10-11-20-4)14(2)12-21-5/h6-9,14-15,17H,10-12,18H2,1-5H3. The van der Waals surface area contributed by atoms with E-state index < -0.39 is 0 Å². The maximum Gasteiger partial charge on any atom is 0.0615 e. The zero-order valence-corrected chi connectivity index (χ0v) is 14.0. The molecule has 0 aromatic heterocycles. The lowest BCUT2D eigenvalue weighted by Crippen LogP contribution is -2.48. The molecule has 0 aliphatic carbocycles. The van der Waals surface area contributed by atoms with Crippen LogP contribution in [0.5, 0.6) is 0 Å². The molecule has 0 radical (unpaired) electrons. The summed E-state index contributed by atoms with van der Waals surface area (Å²) in [5, 5.41) is 0. The predicted octanol–water partition coefficient (Wildman–Crippen LogP) is 2.37. The zero-order chi connectivity index (χ0) is 15.8. The molecule has 1 aromatic carbocycles. The number of methoxy groups -OCH3 is 2. The summed E-state index contributed by atoms with van der Waals surface area (Å²) >= 11 is 0. The van der Waals surface area contributed by atoms with Crippen LogP contribution in [0.4, 0.5) is 0 Å². The Hall–Kier alpha value is -0.940. The molecule has 2 N–H and O–H groups in total. The quantitative estimate of drug-likeness (QED) is 0.759. The van der Waals surface area contributed by atoms with E-state index in [1.54, 1.807) is 14.2 Å². The van der Waals surface area contributed by atoms with Crippen LogP contribution in [0.2, 0.25) is 0 Å². The molecule has 0 heterocycles. The van der Waals surface area contributed by atoms with Crippen molar-refractivity contribution in [3.8, 4) is 0 Å². The molecule has 120 valence electrons. The molecule has 0 bridgehead atoms.